The fourth-order valence-electron chi connectivity index (χ4n) is 7.85. The first-order valence-corrected chi connectivity index (χ1v) is 19.5. The molecule has 1 N–H and O–H groups in total. The molecule has 0 bridgehead atoms. The molecule has 10 aromatic rings. The van der Waals surface area contributed by atoms with Crippen LogP contribution in [0.3, 0.4) is 0 Å². The van der Waals surface area contributed by atoms with Gasteiger partial charge in [-0.05, 0) is 87.8 Å². The van der Waals surface area contributed by atoms with E-state index < -0.39 is 6.85 Å². The second-order valence-corrected chi connectivity index (χ2v) is 14.5. The van der Waals surface area contributed by atoms with E-state index in [2.05, 4.69) is 84.9 Å². The van der Waals surface area contributed by atoms with Gasteiger partial charge in [-0.15, -0.1) is 23.8 Å². The third kappa shape index (κ3) is 7.50. The second-order valence-electron chi connectivity index (χ2n) is 14.5. The van der Waals surface area contributed by atoms with Crippen molar-refractivity contribution in [3.63, 3.8) is 0 Å². The smallest absolute Gasteiger partial charge is 0.148 e. The molecule has 0 saturated heterocycles. The summed E-state index contributed by atoms with van der Waals surface area (Å²) < 4.78 is 27.3. The van der Waals surface area contributed by atoms with Crippen molar-refractivity contribution in [3.05, 3.63) is 218 Å². The minimum Gasteiger partial charge on any atom is -0.507 e. The zero-order valence-corrected chi connectivity index (χ0v) is 34.5. The summed E-state index contributed by atoms with van der Waals surface area (Å²) in [5.41, 5.74) is 14.1. The molecular weight excluding hydrogens is 914 g/mol. The number of benzene rings is 8. The zero-order chi connectivity index (χ0) is 42.2. The van der Waals surface area contributed by atoms with Crippen LogP contribution in [0.4, 0.5) is 0 Å². The van der Waals surface area contributed by atoms with Gasteiger partial charge in [-0.25, -0.2) is 4.98 Å². The van der Waals surface area contributed by atoms with Gasteiger partial charge in [0.2, 0.25) is 0 Å². The van der Waals surface area contributed by atoms with Gasteiger partial charge in [-0.1, -0.05) is 168 Å². The average Bonchev–Trinajstić information content (AvgIpc) is 3.72. The van der Waals surface area contributed by atoms with E-state index in [1.807, 2.05) is 108 Å². The summed E-state index contributed by atoms with van der Waals surface area (Å²) in [6.07, 6.45) is 1.84. The Balaban J connectivity index is 0.00000504. The number of phenolic OH excluding ortho intramolecular Hbond substituents is 1. The Bertz CT molecular complexity index is 3220. The van der Waals surface area contributed by atoms with Crippen LogP contribution in [0.15, 0.2) is 206 Å². The van der Waals surface area contributed by atoms with Crippen molar-refractivity contribution in [1.82, 2.24) is 14.5 Å². The van der Waals surface area contributed by atoms with Crippen molar-refractivity contribution >= 4 is 11.0 Å². The van der Waals surface area contributed by atoms with Crippen LogP contribution in [0.25, 0.3) is 95.0 Å². The van der Waals surface area contributed by atoms with Crippen molar-refractivity contribution in [3.8, 4) is 89.7 Å². The summed E-state index contributed by atoms with van der Waals surface area (Å²) in [6.45, 7) is -2.38. The van der Waals surface area contributed by atoms with Gasteiger partial charge in [0, 0.05) is 42.8 Å². The van der Waals surface area contributed by atoms with Crippen LogP contribution in [0.5, 0.6) is 5.75 Å². The van der Waals surface area contributed by atoms with Gasteiger partial charge < -0.3 is 5.11 Å². The number of hydrogen-bond donors (Lipinski definition) is 1. The van der Waals surface area contributed by atoms with Crippen molar-refractivity contribution in [2.75, 3.05) is 0 Å². The normalized spacial score (nSPS) is 12.0. The Hall–Kier alpha value is -7.13. The molecule has 8 aromatic carbocycles. The summed E-state index contributed by atoms with van der Waals surface area (Å²) in [5, 5.41) is 11.3. The van der Waals surface area contributed by atoms with E-state index in [0.29, 0.717) is 22.6 Å². The molecule has 4 nitrogen and oxygen atoms in total. The summed E-state index contributed by atoms with van der Waals surface area (Å²) in [4.78, 5) is 10.2. The predicted molar refractivity (Wildman–Crippen MR) is 242 cm³/mol. The van der Waals surface area contributed by atoms with Gasteiger partial charge in [-0.2, -0.15) is 0 Å². The number of phenols is 1. The second kappa shape index (κ2) is 16.6. The van der Waals surface area contributed by atoms with Crippen LogP contribution in [-0.2, 0) is 21.1 Å². The number of para-hydroxylation sites is 2. The molecule has 2 heterocycles. The summed E-state index contributed by atoms with van der Waals surface area (Å²) in [6, 6.07) is 69.6. The van der Waals surface area contributed by atoms with E-state index in [0.717, 1.165) is 66.8 Å². The molecule has 0 aliphatic rings. The van der Waals surface area contributed by atoms with Gasteiger partial charge in [0.1, 0.15) is 11.6 Å². The molecule has 0 unspecified atom stereocenters. The fraction of sp³-hybridized carbons (Fsp3) is 0.0182. The Morgan fingerprint density at radius 2 is 1.07 bits per heavy atom. The number of fused-ring (bicyclic) bond motifs is 1. The Labute approximate surface area is 368 Å². The molecule has 5 heteroatoms. The average molecular weight is 955 g/mol. The number of aryl methyl sites for hydroxylation is 1. The predicted octanol–water partition coefficient (Wildman–Crippen LogP) is 13.9. The van der Waals surface area contributed by atoms with Gasteiger partial charge in [0.25, 0.3) is 0 Å². The van der Waals surface area contributed by atoms with Crippen molar-refractivity contribution in [2.24, 2.45) is 0 Å². The maximum Gasteiger partial charge on any atom is 0.148 e. The van der Waals surface area contributed by atoms with Crippen molar-refractivity contribution in [1.29, 1.82) is 0 Å². The Kier molecular flexibility index (Phi) is 9.66. The summed E-state index contributed by atoms with van der Waals surface area (Å²) >= 11 is 0. The maximum absolute atomic E-state index is 11.3. The van der Waals surface area contributed by atoms with Crippen LogP contribution in [0.1, 0.15) is 9.68 Å². The van der Waals surface area contributed by atoms with Gasteiger partial charge in [0.05, 0.1) is 16.6 Å². The van der Waals surface area contributed by atoms with Crippen molar-refractivity contribution in [2.45, 2.75) is 6.85 Å². The third-order valence-electron chi connectivity index (χ3n) is 10.7. The third-order valence-corrected chi connectivity index (χ3v) is 10.7. The monoisotopic (exact) mass is 954 g/mol. The molecule has 290 valence electrons. The Morgan fingerprint density at radius 1 is 0.500 bits per heavy atom. The molecule has 0 radical (unpaired) electrons. The first-order valence-electron chi connectivity index (χ1n) is 21.0. The minimum atomic E-state index is -2.38. The molecule has 0 spiro atoms. The first-order chi connectivity index (χ1) is 30.3. The van der Waals surface area contributed by atoms with Crippen LogP contribution >= 0.6 is 0 Å². The standard InChI is InChI=1S/C55H38N3O.Pt/c1-37-30-44(39-16-7-3-8-17-39)35-48(31-37)58-52-22-13-21-49(54(52)57-55(58)50-20-11-12-23-53(50)59)46-32-45(40-18-9-4-10-19-40)33-47(34-46)51-36-43(28-29-56-51)42-26-24-41(25-27-42)38-14-5-2-6-15-38;/h2-33,35-36,59H,1H3;/q-1;/i1D3;. The van der Waals surface area contributed by atoms with Gasteiger partial charge in [-0.3, -0.25) is 9.55 Å². The molecule has 0 aliphatic heterocycles. The molecule has 60 heavy (non-hydrogen) atoms. The van der Waals surface area contributed by atoms with E-state index in [1.165, 1.54) is 5.56 Å². The molecule has 0 amide bonds. The zero-order valence-electron chi connectivity index (χ0n) is 35.2. The van der Waals surface area contributed by atoms with E-state index in [1.54, 1.807) is 24.3 Å². The molecule has 0 saturated carbocycles. The van der Waals surface area contributed by atoms with Crippen LogP contribution < -0.4 is 0 Å². The van der Waals surface area contributed by atoms with Crippen LogP contribution in [0.2, 0.25) is 0 Å². The largest absolute Gasteiger partial charge is 0.507 e. The van der Waals surface area contributed by atoms with E-state index in [4.69, 9.17) is 14.1 Å². The molecule has 10 rings (SSSR count). The quantitative estimate of drug-likeness (QED) is 0.154. The first kappa shape index (κ1) is 34.9. The summed E-state index contributed by atoms with van der Waals surface area (Å²) in [7, 11) is 0. The number of aromatic nitrogens is 3. The molecule has 0 fully saturated rings. The fourth-order valence-corrected chi connectivity index (χ4v) is 7.85. The number of imidazole rings is 1. The summed E-state index contributed by atoms with van der Waals surface area (Å²) in [5.74, 6) is 0.529. The number of rotatable bonds is 8. The van der Waals surface area contributed by atoms with E-state index in [-0.39, 0.29) is 32.4 Å². The van der Waals surface area contributed by atoms with Crippen molar-refractivity contribution < 1.29 is 30.3 Å². The molecule has 0 aliphatic carbocycles. The topological polar surface area (TPSA) is 50.9 Å². The van der Waals surface area contributed by atoms with Crippen LogP contribution in [-0.4, -0.2) is 19.6 Å². The number of nitrogens with zero attached hydrogens (tertiary/aromatic N) is 3. The molecule has 2 aromatic heterocycles. The minimum absolute atomic E-state index is 0. The number of hydrogen-bond acceptors (Lipinski definition) is 3. The van der Waals surface area contributed by atoms with Gasteiger partial charge in [0.15, 0.2) is 0 Å². The van der Waals surface area contributed by atoms with Crippen LogP contribution in [0, 0.1) is 12.9 Å². The molecular formula is C55H38N3OPt-. The van der Waals surface area contributed by atoms with Gasteiger partial charge >= 0.3 is 0 Å². The maximum atomic E-state index is 11.3. The number of aromatic hydroxyl groups is 1. The molecule has 0 atom stereocenters. The van der Waals surface area contributed by atoms with E-state index >= 15 is 0 Å². The SMILES string of the molecule is [2H]C([2H])([2H])c1cc(-c2ccccc2)cc(-n2c(-c3ccccc3O)nc3c(-c4[c-]c(-c5cc(-c6ccc(-c7ccccc7)cc6)ccn5)cc(-c5ccccc5)c4)cccc32)c1.[Pt]. The number of pyridine rings is 1. The Morgan fingerprint density at radius 3 is 1.73 bits per heavy atom. The van der Waals surface area contributed by atoms with E-state index in [9.17, 15) is 5.11 Å².